The van der Waals surface area contributed by atoms with E-state index >= 15 is 0 Å². The average molecular weight is 270 g/mol. The van der Waals surface area contributed by atoms with E-state index in [0.29, 0.717) is 5.69 Å². The van der Waals surface area contributed by atoms with E-state index in [0.717, 1.165) is 26.9 Å². The molecule has 1 aromatic carbocycles. The molecule has 0 radical (unpaired) electrons. The van der Waals surface area contributed by atoms with Crippen LogP contribution in [0.2, 0.25) is 0 Å². The molecule has 0 amide bonds. The molecule has 0 atom stereocenters. The van der Waals surface area contributed by atoms with Gasteiger partial charge in [-0.15, -0.1) is 0 Å². The van der Waals surface area contributed by atoms with Crippen molar-refractivity contribution in [2.45, 2.75) is 24.0 Å². The fourth-order valence-corrected chi connectivity index (χ4v) is 2.73. The molecular formula is C14H14N4S. The van der Waals surface area contributed by atoms with Crippen molar-refractivity contribution in [2.75, 3.05) is 5.73 Å². The second-order valence-electron chi connectivity index (χ2n) is 4.51. The molecule has 3 N–H and O–H groups in total. The lowest BCUT2D eigenvalue weighted by atomic mass is 10.2. The number of rotatable bonds is 2. The number of H-pyrrole nitrogens is 1. The summed E-state index contributed by atoms with van der Waals surface area (Å²) in [6.07, 6.45) is 0. The zero-order valence-corrected chi connectivity index (χ0v) is 11.6. The van der Waals surface area contributed by atoms with Gasteiger partial charge >= 0.3 is 0 Å². The first-order chi connectivity index (χ1) is 9.11. The molecule has 0 aliphatic heterocycles. The first kappa shape index (κ1) is 12.0. The number of pyridine rings is 1. The molecule has 0 spiro atoms. The van der Waals surface area contributed by atoms with Gasteiger partial charge in [-0.1, -0.05) is 6.07 Å². The lowest BCUT2D eigenvalue weighted by molar-refractivity contribution is 1.04. The van der Waals surface area contributed by atoms with Gasteiger partial charge < -0.3 is 10.7 Å². The number of nitrogens with zero attached hydrogens (tertiary/aromatic N) is 2. The lowest BCUT2D eigenvalue weighted by Crippen LogP contribution is -1.93. The number of benzene rings is 1. The molecule has 96 valence electrons. The predicted octanol–water partition coefficient (Wildman–Crippen LogP) is 3.31. The molecule has 0 aliphatic carbocycles. The van der Waals surface area contributed by atoms with Crippen molar-refractivity contribution in [1.29, 1.82) is 0 Å². The minimum Gasteiger partial charge on any atom is -0.397 e. The fourth-order valence-electron chi connectivity index (χ4n) is 1.87. The Bertz CT molecular complexity index is 748. The van der Waals surface area contributed by atoms with Gasteiger partial charge in [-0.05, 0) is 55.4 Å². The zero-order valence-electron chi connectivity index (χ0n) is 10.8. The number of fused-ring (bicyclic) bond motifs is 1. The fraction of sp³-hybridized carbons (Fsp3) is 0.143. The number of aromatic amines is 1. The first-order valence-corrected chi connectivity index (χ1v) is 6.81. The molecule has 5 heteroatoms. The summed E-state index contributed by atoms with van der Waals surface area (Å²) in [6, 6.07) is 9.92. The van der Waals surface area contributed by atoms with E-state index in [4.69, 9.17) is 5.73 Å². The van der Waals surface area contributed by atoms with Gasteiger partial charge in [0.05, 0.1) is 16.7 Å². The van der Waals surface area contributed by atoms with Crippen LogP contribution < -0.4 is 5.73 Å². The van der Waals surface area contributed by atoms with Crippen molar-refractivity contribution in [2.24, 2.45) is 0 Å². The summed E-state index contributed by atoms with van der Waals surface area (Å²) in [4.78, 5) is 12.3. The third kappa shape index (κ3) is 2.42. The van der Waals surface area contributed by atoms with Gasteiger partial charge in [0.15, 0.2) is 5.16 Å². The van der Waals surface area contributed by atoms with Crippen molar-refractivity contribution < 1.29 is 0 Å². The van der Waals surface area contributed by atoms with Crippen molar-refractivity contribution in [3.63, 3.8) is 0 Å². The normalized spacial score (nSPS) is 11.1. The van der Waals surface area contributed by atoms with Crippen molar-refractivity contribution in [3.8, 4) is 0 Å². The molecule has 3 aromatic rings. The topological polar surface area (TPSA) is 67.6 Å². The quantitative estimate of drug-likeness (QED) is 0.749. The molecule has 0 saturated heterocycles. The summed E-state index contributed by atoms with van der Waals surface area (Å²) in [5.41, 5.74) is 10.8. The second kappa shape index (κ2) is 4.59. The Labute approximate surface area is 115 Å². The molecular weight excluding hydrogens is 256 g/mol. The number of nitrogens with one attached hydrogen (secondary N) is 1. The van der Waals surface area contributed by atoms with Crippen LogP contribution in [0.15, 0.2) is 40.5 Å². The second-order valence-corrected chi connectivity index (χ2v) is 5.49. The van der Waals surface area contributed by atoms with Crippen LogP contribution in [0.3, 0.4) is 0 Å². The highest BCUT2D eigenvalue weighted by molar-refractivity contribution is 7.99. The van der Waals surface area contributed by atoms with Gasteiger partial charge in [0, 0.05) is 5.69 Å². The van der Waals surface area contributed by atoms with Gasteiger partial charge in [0.2, 0.25) is 0 Å². The highest BCUT2D eigenvalue weighted by Gasteiger charge is 2.08. The van der Waals surface area contributed by atoms with Crippen LogP contribution in [0.25, 0.3) is 11.0 Å². The number of nitrogens with two attached hydrogens (primary N) is 1. The molecule has 0 fully saturated rings. The van der Waals surface area contributed by atoms with E-state index in [-0.39, 0.29) is 0 Å². The van der Waals surface area contributed by atoms with Gasteiger partial charge in [-0.2, -0.15) is 0 Å². The molecule has 2 heterocycles. The van der Waals surface area contributed by atoms with E-state index in [9.17, 15) is 0 Å². The standard InChI is InChI=1S/C14H14N4S/c1-8-3-6-11-12(7-8)18-14(17-11)19-13-10(15)5-4-9(2)16-13/h3-7H,15H2,1-2H3,(H,17,18). The summed E-state index contributed by atoms with van der Waals surface area (Å²) in [5.74, 6) is 0. The molecule has 3 rings (SSSR count). The minimum absolute atomic E-state index is 0.673. The number of anilines is 1. The maximum absolute atomic E-state index is 5.93. The molecule has 4 nitrogen and oxygen atoms in total. The SMILES string of the molecule is Cc1ccc2nc(Sc3nc(C)ccc3N)[nH]c2c1. The third-order valence-corrected chi connectivity index (χ3v) is 3.74. The van der Waals surface area contributed by atoms with Gasteiger partial charge in [0.25, 0.3) is 0 Å². The smallest absolute Gasteiger partial charge is 0.172 e. The summed E-state index contributed by atoms with van der Waals surface area (Å²) >= 11 is 1.46. The number of imidazole rings is 1. The zero-order chi connectivity index (χ0) is 13.4. The van der Waals surface area contributed by atoms with Crippen molar-refractivity contribution in [1.82, 2.24) is 15.0 Å². The first-order valence-electron chi connectivity index (χ1n) is 5.99. The van der Waals surface area contributed by atoms with E-state index in [1.165, 1.54) is 17.3 Å². The van der Waals surface area contributed by atoms with Crippen LogP contribution in [0, 0.1) is 13.8 Å². The van der Waals surface area contributed by atoms with Crippen molar-refractivity contribution in [3.05, 3.63) is 41.6 Å². The lowest BCUT2D eigenvalue weighted by Gasteiger charge is -2.02. The Hall–Kier alpha value is -2.01. The Morgan fingerprint density at radius 2 is 1.95 bits per heavy atom. The molecule has 19 heavy (non-hydrogen) atoms. The number of aromatic nitrogens is 3. The maximum atomic E-state index is 5.93. The Balaban J connectivity index is 1.98. The molecule has 0 bridgehead atoms. The van der Waals surface area contributed by atoms with E-state index < -0.39 is 0 Å². The molecule has 2 aromatic heterocycles. The summed E-state index contributed by atoms with van der Waals surface area (Å²) in [5, 5.41) is 1.60. The monoisotopic (exact) mass is 270 g/mol. The summed E-state index contributed by atoms with van der Waals surface area (Å²) in [6.45, 7) is 4.01. The van der Waals surface area contributed by atoms with Crippen molar-refractivity contribution >= 4 is 28.5 Å². The van der Waals surface area contributed by atoms with Crippen LogP contribution in [0.1, 0.15) is 11.3 Å². The van der Waals surface area contributed by atoms with Crippen LogP contribution >= 0.6 is 11.8 Å². The van der Waals surface area contributed by atoms with E-state index in [2.05, 4.69) is 34.0 Å². The predicted molar refractivity (Wildman–Crippen MR) is 78.3 cm³/mol. The molecule has 0 aliphatic rings. The number of hydrogen-bond donors (Lipinski definition) is 2. The Morgan fingerprint density at radius 1 is 1.11 bits per heavy atom. The highest BCUT2D eigenvalue weighted by Crippen LogP contribution is 2.30. The van der Waals surface area contributed by atoms with Crippen LogP contribution in [0.5, 0.6) is 0 Å². The number of hydrogen-bond acceptors (Lipinski definition) is 4. The van der Waals surface area contributed by atoms with Crippen LogP contribution in [-0.2, 0) is 0 Å². The highest BCUT2D eigenvalue weighted by atomic mass is 32.2. The molecule has 0 unspecified atom stereocenters. The Morgan fingerprint density at radius 3 is 2.79 bits per heavy atom. The summed E-state index contributed by atoms with van der Waals surface area (Å²) < 4.78 is 0. The van der Waals surface area contributed by atoms with Gasteiger partial charge in [0.1, 0.15) is 5.03 Å². The third-order valence-electron chi connectivity index (χ3n) is 2.84. The Kier molecular flexibility index (Phi) is 2.91. The largest absolute Gasteiger partial charge is 0.397 e. The van der Waals surface area contributed by atoms with E-state index in [1.807, 2.05) is 25.1 Å². The minimum atomic E-state index is 0.673. The van der Waals surface area contributed by atoms with Gasteiger partial charge in [-0.25, -0.2) is 9.97 Å². The average Bonchev–Trinajstić information content (AvgIpc) is 2.75. The number of nitrogen functional groups attached to an aromatic ring is 1. The van der Waals surface area contributed by atoms with E-state index in [1.54, 1.807) is 0 Å². The summed E-state index contributed by atoms with van der Waals surface area (Å²) in [7, 11) is 0. The van der Waals surface area contributed by atoms with Crippen LogP contribution in [0.4, 0.5) is 5.69 Å². The molecule has 0 saturated carbocycles. The van der Waals surface area contributed by atoms with Crippen LogP contribution in [-0.4, -0.2) is 15.0 Å². The number of aryl methyl sites for hydroxylation is 2. The maximum Gasteiger partial charge on any atom is 0.172 e. The van der Waals surface area contributed by atoms with Gasteiger partial charge in [-0.3, -0.25) is 0 Å².